The van der Waals surface area contributed by atoms with Gasteiger partial charge in [-0.05, 0) is 19.9 Å². The number of nitrogens with one attached hydrogen (secondary N) is 1. The van der Waals surface area contributed by atoms with Crippen molar-refractivity contribution in [2.45, 2.75) is 13.8 Å². The number of anilines is 1. The van der Waals surface area contributed by atoms with E-state index >= 15 is 0 Å². The third kappa shape index (κ3) is 4.87. The molecule has 2 heterocycles. The van der Waals surface area contributed by atoms with Gasteiger partial charge in [0, 0.05) is 27.6 Å². The molecule has 0 spiro atoms. The van der Waals surface area contributed by atoms with Crippen molar-refractivity contribution >= 4 is 45.8 Å². The summed E-state index contributed by atoms with van der Waals surface area (Å²) >= 11 is 7.40. The first-order valence-corrected chi connectivity index (χ1v) is 10.1. The summed E-state index contributed by atoms with van der Waals surface area (Å²) in [5.41, 5.74) is 1.86. The standard InChI is InChI=1S/C20H17ClN2O6S/c1-3-27-20(26)17-13(12-6-4-5-7-14(12)21)10-30-18(17)22-16(24)9-28-19(25)15-8-11(2)23-29-15/h4-8,10H,3,9H2,1-2H3,(H,22,24). The molecule has 2 aromatic heterocycles. The van der Waals surface area contributed by atoms with Crippen LogP contribution in [0.3, 0.4) is 0 Å². The number of carbonyl (C=O) groups excluding carboxylic acids is 3. The van der Waals surface area contributed by atoms with Crippen LogP contribution in [0.15, 0.2) is 40.2 Å². The summed E-state index contributed by atoms with van der Waals surface area (Å²) in [6, 6.07) is 8.42. The Morgan fingerprint density at radius 2 is 1.93 bits per heavy atom. The second-order valence-corrected chi connectivity index (χ2v) is 7.30. The van der Waals surface area contributed by atoms with Gasteiger partial charge in [0.25, 0.3) is 5.91 Å². The Morgan fingerprint density at radius 3 is 2.60 bits per heavy atom. The van der Waals surface area contributed by atoms with Gasteiger partial charge in [0.05, 0.1) is 12.3 Å². The van der Waals surface area contributed by atoms with Gasteiger partial charge >= 0.3 is 11.9 Å². The van der Waals surface area contributed by atoms with E-state index in [1.54, 1.807) is 43.5 Å². The van der Waals surface area contributed by atoms with Crippen molar-refractivity contribution in [3.8, 4) is 11.1 Å². The van der Waals surface area contributed by atoms with Crippen LogP contribution in [-0.4, -0.2) is 36.2 Å². The minimum atomic E-state index is -0.820. The fraction of sp³-hybridized carbons (Fsp3) is 0.200. The summed E-state index contributed by atoms with van der Waals surface area (Å²) in [6.07, 6.45) is 0. The highest BCUT2D eigenvalue weighted by Gasteiger charge is 2.24. The summed E-state index contributed by atoms with van der Waals surface area (Å²) in [7, 11) is 0. The van der Waals surface area contributed by atoms with E-state index in [0.29, 0.717) is 21.8 Å². The van der Waals surface area contributed by atoms with E-state index < -0.39 is 24.5 Å². The number of benzene rings is 1. The number of aromatic nitrogens is 1. The van der Waals surface area contributed by atoms with Crippen LogP contribution in [0.25, 0.3) is 11.1 Å². The Hall–Kier alpha value is -3.17. The predicted molar refractivity (Wildman–Crippen MR) is 111 cm³/mol. The average Bonchev–Trinajstić information content (AvgIpc) is 3.33. The van der Waals surface area contributed by atoms with Crippen LogP contribution in [0.2, 0.25) is 5.02 Å². The molecule has 1 amide bonds. The van der Waals surface area contributed by atoms with Crippen LogP contribution < -0.4 is 5.32 Å². The first-order valence-electron chi connectivity index (χ1n) is 8.84. The molecule has 3 aromatic rings. The van der Waals surface area contributed by atoms with E-state index in [1.165, 1.54) is 6.07 Å². The van der Waals surface area contributed by atoms with E-state index in [-0.39, 0.29) is 22.9 Å². The van der Waals surface area contributed by atoms with E-state index in [9.17, 15) is 14.4 Å². The van der Waals surface area contributed by atoms with E-state index in [0.717, 1.165) is 11.3 Å². The molecule has 3 rings (SSSR count). The van der Waals surface area contributed by atoms with Gasteiger partial charge in [-0.25, -0.2) is 9.59 Å². The molecule has 0 aliphatic heterocycles. The smallest absolute Gasteiger partial charge is 0.377 e. The predicted octanol–water partition coefficient (Wildman–Crippen LogP) is 4.34. The minimum absolute atomic E-state index is 0.107. The zero-order chi connectivity index (χ0) is 21.7. The molecule has 0 aliphatic rings. The molecule has 0 atom stereocenters. The lowest BCUT2D eigenvalue weighted by Crippen LogP contribution is -2.21. The van der Waals surface area contributed by atoms with Crippen LogP contribution in [0, 0.1) is 6.92 Å². The summed E-state index contributed by atoms with van der Waals surface area (Å²) < 4.78 is 14.8. The number of hydrogen-bond acceptors (Lipinski definition) is 8. The molecule has 0 bridgehead atoms. The number of hydrogen-bond donors (Lipinski definition) is 1. The molecule has 1 N–H and O–H groups in total. The van der Waals surface area contributed by atoms with Crippen molar-refractivity contribution in [1.82, 2.24) is 5.16 Å². The molecule has 156 valence electrons. The fourth-order valence-electron chi connectivity index (χ4n) is 2.56. The number of esters is 2. The number of ether oxygens (including phenoxy) is 2. The average molecular weight is 449 g/mol. The number of nitrogens with zero attached hydrogens (tertiary/aromatic N) is 1. The molecule has 0 aliphatic carbocycles. The van der Waals surface area contributed by atoms with E-state index in [4.69, 9.17) is 25.6 Å². The van der Waals surface area contributed by atoms with Gasteiger partial charge in [0.2, 0.25) is 5.76 Å². The number of carbonyl (C=O) groups is 3. The van der Waals surface area contributed by atoms with Gasteiger partial charge in [-0.2, -0.15) is 0 Å². The van der Waals surface area contributed by atoms with Gasteiger partial charge in [0.1, 0.15) is 10.6 Å². The third-order valence-electron chi connectivity index (χ3n) is 3.85. The van der Waals surface area contributed by atoms with Crippen molar-refractivity contribution in [3.05, 3.63) is 57.8 Å². The van der Waals surface area contributed by atoms with E-state index in [1.807, 2.05) is 0 Å². The molecule has 0 fully saturated rings. The number of amides is 1. The van der Waals surface area contributed by atoms with Crippen molar-refractivity contribution in [2.75, 3.05) is 18.5 Å². The molecule has 1 aromatic carbocycles. The van der Waals surface area contributed by atoms with Crippen molar-refractivity contribution in [1.29, 1.82) is 0 Å². The second kappa shape index (κ2) is 9.55. The Balaban J connectivity index is 1.78. The Bertz CT molecular complexity index is 1090. The monoisotopic (exact) mass is 448 g/mol. The number of thiophene rings is 1. The molecule has 0 radical (unpaired) electrons. The van der Waals surface area contributed by atoms with Crippen molar-refractivity contribution in [2.24, 2.45) is 0 Å². The van der Waals surface area contributed by atoms with Crippen LogP contribution in [-0.2, 0) is 14.3 Å². The quantitative estimate of drug-likeness (QED) is 0.535. The Labute approximate surface area is 180 Å². The molecule has 0 saturated heterocycles. The summed E-state index contributed by atoms with van der Waals surface area (Å²) in [4.78, 5) is 36.7. The highest BCUT2D eigenvalue weighted by atomic mass is 35.5. The first kappa shape index (κ1) is 21.5. The largest absolute Gasteiger partial charge is 0.462 e. The van der Waals surface area contributed by atoms with Gasteiger partial charge < -0.3 is 19.3 Å². The number of aryl methyl sites for hydroxylation is 1. The normalized spacial score (nSPS) is 10.5. The third-order valence-corrected chi connectivity index (χ3v) is 5.08. The van der Waals surface area contributed by atoms with Gasteiger partial charge in [0.15, 0.2) is 6.61 Å². The summed E-state index contributed by atoms with van der Waals surface area (Å²) in [5.74, 6) is -2.15. The molecule has 0 unspecified atom stereocenters. The zero-order valence-electron chi connectivity index (χ0n) is 16.1. The molecule has 0 saturated carbocycles. The first-order chi connectivity index (χ1) is 14.4. The maximum atomic E-state index is 12.6. The zero-order valence-corrected chi connectivity index (χ0v) is 17.6. The van der Waals surface area contributed by atoms with Crippen LogP contribution >= 0.6 is 22.9 Å². The summed E-state index contributed by atoms with van der Waals surface area (Å²) in [6.45, 7) is 2.93. The highest BCUT2D eigenvalue weighted by Crippen LogP contribution is 2.39. The fourth-order valence-corrected chi connectivity index (χ4v) is 3.76. The van der Waals surface area contributed by atoms with Gasteiger partial charge in [-0.15, -0.1) is 11.3 Å². The number of rotatable bonds is 7. The van der Waals surface area contributed by atoms with Gasteiger partial charge in [-0.3, -0.25) is 4.79 Å². The number of halogens is 1. The molecular weight excluding hydrogens is 432 g/mol. The lowest BCUT2D eigenvalue weighted by molar-refractivity contribution is -0.119. The van der Waals surface area contributed by atoms with Crippen LogP contribution in [0.5, 0.6) is 0 Å². The molecule has 8 nitrogen and oxygen atoms in total. The van der Waals surface area contributed by atoms with Crippen LogP contribution in [0.1, 0.15) is 33.5 Å². The minimum Gasteiger partial charge on any atom is -0.462 e. The topological polar surface area (TPSA) is 108 Å². The second-order valence-electron chi connectivity index (χ2n) is 6.01. The lowest BCUT2D eigenvalue weighted by Gasteiger charge is -2.09. The summed E-state index contributed by atoms with van der Waals surface area (Å²) in [5, 5.41) is 8.58. The van der Waals surface area contributed by atoms with Gasteiger partial charge in [-0.1, -0.05) is 35.0 Å². The Kier molecular flexibility index (Phi) is 6.86. The Morgan fingerprint density at radius 1 is 1.17 bits per heavy atom. The maximum Gasteiger partial charge on any atom is 0.377 e. The van der Waals surface area contributed by atoms with Crippen LogP contribution in [0.4, 0.5) is 5.00 Å². The molecule has 30 heavy (non-hydrogen) atoms. The molecule has 10 heteroatoms. The van der Waals surface area contributed by atoms with Crippen molar-refractivity contribution < 1.29 is 28.4 Å². The lowest BCUT2D eigenvalue weighted by atomic mass is 10.0. The molecular formula is C20H17ClN2O6S. The maximum absolute atomic E-state index is 12.6. The highest BCUT2D eigenvalue weighted by molar-refractivity contribution is 7.15. The van der Waals surface area contributed by atoms with Crippen molar-refractivity contribution in [3.63, 3.8) is 0 Å². The SMILES string of the molecule is CCOC(=O)c1c(-c2ccccc2Cl)csc1NC(=O)COC(=O)c1cc(C)no1. The van der Waals surface area contributed by atoms with E-state index in [2.05, 4.69) is 10.5 Å².